The molecule has 4 atom stereocenters. The van der Waals surface area contributed by atoms with Crippen LogP contribution in [0.15, 0.2) is 18.2 Å². The summed E-state index contributed by atoms with van der Waals surface area (Å²) < 4.78 is 5.34. The van der Waals surface area contributed by atoms with Crippen molar-refractivity contribution >= 4 is 0 Å². The SMILES string of the molecule is COc1cc(C(O)CC2CC3CCC2C3)ccc1C. The Kier molecular flexibility index (Phi) is 3.53. The van der Waals surface area contributed by atoms with Gasteiger partial charge in [-0.15, -0.1) is 0 Å². The van der Waals surface area contributed by atoms with Crippen LogP contribution in [-0.4, -0.2) is 12.2 Å². The van der Waals surface area contributed by atoms with Crippen LogP contribution in [0, 0.1) is 24.7 Å². The third kappa shape index (κ3) is 2.51. The van der Waals surface area contributed by atoms with E-state index in [1.807, 2.05) is 25.1 Å². The van der Waals surface area contributed by atoms with Crippen molar-refractivity contribution < 1.29 is 9.84 Å². The fraction of sp³-hybridized carbons (Fsp3) is 0.647. The first-order valence-electron chi connectivity index (χ1n) is 7.50. The Balaban J connectivity index is 1.68. The van der Waals surface area contributed by atoms with Gasteiger partial charge in [-0.25, -0.2) is 0 Å². The standard InChI is InChI=1S/C17H24O2/c1-11-3-5-14(10-17(11)19-2)16(18)9-15-8-12-4-6-13(15)7-12/h3,5,10,12-13,15-16,18H,4,6-9H2,1-2H3. The van der Waals surface area contributed by atoms with Crippen LogP contribution in [-0.2, 0) is 0 Å². The molecule has 2 heteroatoms. The van der Waals surface area contributed by atoms with Gasteiger partial charge in [0.25, 0.3) is 0 Å². The summed E-state index contributed by atoms with van der Waals surface area (Å²) >= 11 is 0. The van der Waals surface area contributed by atoms with Crippen molar-refractivity contribution in [1.29, 1.82) is 0 Å². The van der Waals surface area contributed by atoms with Gasteiger partial charge in [0.05, 0.1) is 13.2 Å². The minimum Gasteiger partial charge on any atom is -0.496 e. The van der Waals surface area contributed by atoms with E-state index < -0.39 is 0 Å². The topological polar surface area (TPSA) is 29.5 Å². The molecule has 0 amide bonds. The lowest BCUT2D eigenvalue weighted by molar-refractivity contribution is 0.125. The van der Waals surface area contributed by atoms with E-state index in [0.29, 0.717) is 0 Å². The highest BCUT2D eigenvalue weighted by Gasteiger charge is 2.40. The molecule has 19 heavy (non-hydrogen) atoms. The molecule has 1 N–H and O–H groups in total. The molecule has 2 saturated carbocycles. The molecule has 1 aromatic carbocycles. The number of ether oxygens (including phenoxy) is 1. The van der Waals surface area contributed by atoms with E-state index in [9.17, 15) is 5.11 Å². The molecule has 0 saturated heterocycles. The van der Waals surface area contributed by atoms with Gasteiger partial charge < -0.3 is 9.84 Å². The summed E-state index contributed by atoms with van der Waals surface area (Å²) in [6.45, 7) is 2.03. The molecular formula is C17H24O2. The molecule has 2 nitrogen and oxygen atoms in total. The molecule has 3 rings (SSSR count). The normalized spacial score (nSPS) is 30.6. The Bertz CT molecular complexity index is 455. The molecule has 2 aliphatic rings. The Labute approximate surface area is 115 Å². The van der Waals surface area contributed by atoms with Gasteiger partial charge in [0.2, 0.25) is 0 Å². The summed E-state index contributed by atoms with van der Waals surface area (Å²) in [6.07, 6.45) is 6.15. The molecule has 4 unspecified atom stereocenters. The maximum absolute atomic E-state index is 10.5. The van der Waals surface area contributed by atoms with Gasteiger partial charge in [-0.3, -0.25) is 0 Å². The minimum atomic E-state index is -0.334. The van der Waals surface area contributed by atoms with Gasteiger partial charge in [-0.05, 0) is 67.6 Å². The molecule has 0 spiro atoms. The number of benzene rings is 1. The zero-order valence-electron chi connectivity index (χ0n) is 11.9. The summed E-state index contributed by atoms with van der Waals surface area (Å²) in [4.78, 5) is 0. The van der Waals surface area contributed by atoms with Gasteiger partial charge in [0.1, 0.15) is 5.75 Å². The van der Waals surface area contributed by atoms with Crippen LogP contribution in [0.25, 0.3) is 0 Å². The Morgan fingerprint density at radius 2 is 2.16 bits per heavy atom. The van der Waals surface area contributed by atoms with Gasteiger partial charge in [-0.1, -0.05) is 18.6 Å². The summed E-state index contributed by atoms with van der Waals surface area (Å²) in [5.41, 5.74) is 2.13. The first-order valence-corrected chi connectivity index (χ1v) is 7.50. The number of hydrogen-bond donors (Lipinski definition) is 1. The molecule has 104 valence electrons. The van der Waals surface area contributed by atoms with Crippen LogP contribution in [0.1, 0.15) is 49.3 Å². The van der Waals surface area contributed by atoms with Gasteiger partial charge in [0, 0.05) is 0 Å². The highest BCUT2D eigenvalue weighted by Crippen LogP contribution is 2.51. The minimum absolute atomic E-state index is 0.334. The molecule has 2 fully saturated rings. The first kappa shape index (κ1) is 13.0. The lowest BCUT2D eigenvalue weighted by Crippen LogP contribution is -2.14. The lowest BCUT2D eigenvalue weighted by atomic mass is 9.83. The van der Waals surface area contributed by atoms with Crippen LogP contribution in [0.5, 0.6) is 5.75 Å². The molecule has 2 bridgehead atoms. The number of methoxy groups -OCH3 is 1. The van der Waals surface area contributed by atoms with Gasteiger partial charge in [0.15, 0.2) is 0 Å². The molecule has 0 radical (unpaired) electrons. The van der Waals surface area contributed by atoms with E-state index in [-0.39, 0.29) is 6.10 Å². The smallest absolute Gasteiger partial charge is 0.122 e. The molecule has 1 aromatic rings. The van der Waals surface area contributed by atoms with E-state index in [1.54, 1.807) is 7.11 Å². The third-order valence-corrected chi connectivity index (χ3v) is 5.23. The summed E-state index contributed by atoms with van der Waals surface area (Å²) in [7, 11) is 1.69. The largest absolute Gasteiger partial charge is 0.496 e. The lowest BCUT2D eigenvalue weighted by Gasteiger charge is -2.24. The Morgan fingerprint density at radius 1 is 1.32 bits per heavy atom. The second kappa shape index (κ2) is 5.16. The third-order valence-electron chi connectivity index (χ3n) is 5.23. The summed E-state index contributed by atoms with van der Waals surface area (Å²) in [6, 6.07) is 6.07. The first-order chi connectivity index (χ1) is 9.17. The fourth-order valence-corrected chi connectivity index (χ4v) is 4.13. The second-order valence-corrected chi connectivity index (χ2v) is 6.42. The zero-order chi connectivity index (χ0) is 13.4. The zero-order valence-corrected chi connectivity index (χ0v) is 11.9. The molecular weight excluding hydrogens is 236 g/mol. The number of rotatable bonds is 4. The average Bonchev–Trinajstić information content (AvgIpc) is 3.01. The molecule has 2 aliphatic carbocycles. The quantitative estimate of drug-likeness (QED) is 0.890. The second-order valence-electron chi connectivity index (χ2n) is 6.42. The maximum atomic E-state index is 10.5. The van der Waals surface area contributed by atoms with Crippen molar-refractivity contribution in [2.45, 2.75) is 45.1 Å². The number of fused-ring (bicyclic) bond motifs is 2. The predicted octanol–water partition coefficient (Wildman–Crippen LogP) is 3.86. The van der Waals surface area contributed by atoms with Crippen LogP contribution >= 0.6 is 0 Å². The van der Waals surface area contributed by atoms with Crippen molar-refractivity contribution in [3.63, 3.8) is 0 Å². The van der Waals surface area contributed by atoms with Crippen molar-refractivity contribution in [3.8, 4) is 5.75 Å². The number of aliphatic hydroxyl groups is 1. The highest BCUT2D eigenvalue weighted by atomic mass is 16.5. The average molecular weight is 260 g/mol. The van der Waals surface area contributed by atoms with E-state index in [0.717, 1.165) is 41.1 Å². The Hall–Kier alpha value is -1.02. The van der Waals surface area contributed by atoms with Crippen molar-refractivity contribution in [2.24, 2.45) is 17.8 Å². The number of aliphatic hydroxyl groups excluding tert-OH is 1. The molecule has 0 heterocycles. The van der Waals surface area contributed by atoms with E-state index >= 15 is 0 Å². The Morgan fingerprint density at radius 3 is 2.79 bits per heavy atom. The van der Waals surface area contributed by atoms with Crippen LogP contribution in [0.3, 0.4) is 0 Å². The van der Waals surface area contributed by atoms with Crippen molar-refractivity contribution in [3.05, 3.63) is 29.3 Å². The van der Waals surface area contributed by atoms with Crippen LogP contribution in [0.4, 0.5) is 0 Å². The fourth-order valence-electron chi connectivity index (χ4n) is 4.13. The van der Waals surface area contributed by atoms with Crippen molar-refractivity contribution in [1.82, 2.24) is 0 Å². The van der Waals surface area contributed by atoms with E-state index in [4.69, 9.17) is 4.74 Å². The molecule has 0 aliphatic heterocycles. The van der Waals surface area contributed by atoms with E-state index in [2.05, 4.69) is 0 Å². The summed E-state index contributed by atoms with van der Waals surface area (Å²) in [5, 5.41) is 10.5. The monoisotopic (exact) mass is 260 g/mol. The van der Waals surface area contributed by atoms with Gasteiger partial charge >= 0.3 is 0 Å². The van der Waals surface area contributed by atoms with Crippen LogP contribution in [0.2, 0.25) is 0 Å². The van der Waals surface area contributed by atoms with Crippen LogP contribution < -0.4 is 4.74 Å². The number of aryl methyl sites for hydroxylation is 1. The summed E-state index contributed by atoms with van der Waals surface area (Å²) in [5.74, 6) is 3.45. The van der Waals surface area contributed by atoms with E-state index in [1.165, 1.54) is 25.7 Å². The molecule has 0 aromatic heterocycles. The highest BCUT2D eigenvalue weighted by molar-refractivity contribution is 5.37. The van der Waals surface area contributed by atoms with Crippen molar-refractivity contribution in [2.75, 3.05) is 7.11 Å². The predicted molar refractivity (Wildman–Crippen MR) is 76.2 cm³/mol. The maximum Gasteiger partial charge on any atom is 0.122 e. The van der Waals surface area contributed by atoms with Gasteiger partial charge in [-0.2, -0.15) is 0 Å². The number of hydrogen-bond acceptors (Lipinski definition) is 2.